The van der Waals surface area contributed by atoms with Gasteiger partial charge in [0.1, 0.15) is 5.75 Å². The number of carbonyl (C=O) groups is 1. The van der Waals surface area contributed by atoms with Crippen LogP contribution in [0.25, 0.3) is 0 Å². The van der Waals surface area contributed by atoms with Crippen molar-refractivity contribution in [2.45, 2.75) is 13.0 Å². The average Bonchev–Trinajstić information content (AvgIpc) is 2.40. The van der Waals surface area contributed by atoms with Gasteiger partial charge in [-0.2, -0.15) is 0 Å². The summed E-state index contributed by atoms with van der Waals surface area (Å²) < 4.78 is 6.14. The van der Waals surface area contributed by atoms with Crippen molar-refractivity contribution in [3.05, 3.63) is 64.6 Å². The third-order valence-corrected chi connectivity index (χ3v) is 3.38. The largest absolute Gasteiger partial charge is 0.413 e. The summed E-state index contributed by atoms with van der Waals surface area (Å²) in [6.07, 6.45) is -0.463. The topological polar surface area (TPSA) is 38.3 Å². The predicted molar refractivity (Wildman–Crippen MR) is 78.2 cm³/mol. The van der Waals surface area contributed by atoms with Crippen LogP contribution in [-0.4, -0.2) is 6.09 Å². The molecule has 3 nitrogen and oxygen atoms in total. The summed E-state index contributed by atoms with van der Waals surface area (Å²) in [5.41, 5.74) is 1.01. The van der Waals surface area contributed by atoms with E-state index in [0.717, 1.165) is 10.0 Å². The molecular weight excluding hydrogens is 306 g/mol. The Kier molecular flexibility index (Phi) is 4.58. The first-order chi connectivity index (χ1) is 9.16. The molecule has 0 fully saturated rings. The van der Waals surface area contributed by atoms with E-state index in [-0.39, 0.29) is 6.04 Å². The van der Waals surface area contributed by atoms with Gasteiger partial charge in [-0.15, -0.1) is 0 Å². The number of halogens is 1. The molecule has 0 saturated carbocycles. The van der Waals surface area contributed by atoms with Crippen molar-refractivity contribution in [2.24, 2.45) is 0 Å². The Morgan fingerprint density at radius 2 is 1.74 bits per heavy atom. The van der Waals surface area contributed by atoms with E-state index in [1.807, 2.05) is 49.4 Å². The zero-order chi connectivity index (χ0) is 13.7. The van der Waals surface area contributed by atoms with Crippen molar-refractivity contribution >= 4 is 22.0 Å². The Balaban J connectivity index is 1.98. The van der Waals surface area contributed by atoms with Crippen molar-refractivity contribution in [3.63, 3.8) is 0 Å². The van der Waals surface area contributed by atoms with E-state index in [1.165, 1.54) is 0 Å². The first-order valence-electron chi connectivity index (χ1n) is 5.94. The van der Waals surface area contributed by atoms with Gasteiger partial charge >= 0.3 is 6.09 Å². The monoisotopic (exact) mass is 319 g/mol. The lowest BCUT2D eigenvalue weighted by molar-refractivity contribution is 0.197. The second-order valence-corrected chi connectivity index (χ2v) is 4.94. The highest BCUT2D eigenvalue weighted by molar-refractivity contribution is 9.10. The lowest BCUT2D eigenvalue weighted by Gasteiger charge is -2.15. The van der Waals surface area contributed by atoms with E-state index in [4.69, 9.17) is 4.74 Å². The molecule has 4 heteroatoms. The third kappa shape index (κ3) is 3.83. The summed E-state index contributed by atoms with van der Waals surface area (Å²) in [7, 11) is 0. The van der Waals surface area contributed by atoms with Crippen molar-refractivity contribution in [1.82, 2.24) is 5.32 Å². The normalized spacial score (nSPS) is 11.7. The van der Waals surface area contributed by atoms with Gasteiger partial charge in [0.25, 0.3) is 0 Å². The van der Waals surface area contributed by atoms with Crippen molar-refractivity contribution in [1.29, 1.82) is 0 Å². The molecule has 1 atom stereocenters. The van der Waals surface area contributed by atoms with E-state index in [1.54, 1.807) is 12.1 Å². The molecule has 2 aromatic rings. The summed E-state index contributed by atoms with van der Waals surface area (Å²) in [6.45, 7) is 1.91. The number of benzene rings is 2. The van der Waals surface area contributed by atoms with Gasteiger partial charge in [0, 0.05) is 4.47 Å². The van der Waals surface area contributed by atoms with Gasteiger partial charge < -0.3 is 10.1 Å². The Bertz CT molecular complexity index is 557. The lowest BCUT2D eigenvalue weighted by atomic mass is 10.1. The second kappa shape index (κ2) is 6.38. The maximum Gasteiger partial charge on any atom is 0.413 e. The van der Waals surface area contributed by atoms with Gasteiger partial charge in [-0.25, -0.2) is 4.79 Å². The highest BCUT2D eigenvalue weighted by Crippen LogP contribution is 2.22. The van der Waals surface area contributed by atoms with Crippen LogP contribution < -0.4 is 10.1 Å². The van der Waals surface area contributed by atoms with Crippen molar-refractivity contribution < 1.29 is 9.53 Å². The molecule has 2 rings (SSSR count). The maximum atomic E-state index is 11.8. The molecule has 0 aromatic heterocycles. The zero-order valence-corrected chi connectivity index (χ0v) is 12.1. The Morgan fingerprint density at radius 3 is 2.42 bits per heavy atom. The van der Waals surface area contributed by atoms with Crippen LogP contribution in [0.5, 0.6) is 5.75 Å². The highest BCUT2D eigenvalue weighted by Gasteiger charge is 2.13. The molecule has 0 heterocycles. The average molecular weight is 320 g/mol. The van der Waals surface area contributed by atoms with Gasteiger partial charge in [0.2, 0.25) is 0 Å². The van der Waals surface area contributed by atoms with Gasteiger partial charge in [-0.1, -0.05) is 52.3 Å². The van der Waals surface area contributed by atoms with Crippen LogP contribution in [0.4, 0.5) is 4.79 Å². The van der Waals surface area contributed by atoms with E-state index >= 15 is 0 Å². The standard InChI is InChI=1S/C15H14BrNO2/c1-11(13-9-5-6-10-14(13)16)17-15(18)19-12-7-3-2-4-8-12/h2-11H,1H3,(H,17,18)/t11-/m0/s1. The van der Waals surface area contributed by atoms with Crippen LogP contribution in [-0.2, 0) is 0 Å². The molecule has 0 bridgehead atoms. The molecule has 0 radical (unpaired) electrons. The molecule has 98 valence electrons. The fourth-order valence-corrected chi connectivity index (χ4v) is 2.33. The number of para-hydroxylation sites is 1. The number of hydrogen-bond acceptors (Lipinski definition) is 2. The fourth-order valence-electron chi connectivity index (χ4n) is 1.71. The molecule has 0 saturated heterocycles. The molecule has 0 spiro atoms. The number of nitrogens with one attached hydrogen (secondary N) is 1. The van der Waals surface area contributed by atoms with Gasteiger partial charge in [-0.3, -0.25) is 0 Å². The summed E-state index contributed by atoms with van der Waals surface area (Å²) >= 11 is 3.46. The molecule has 1 amide bonds. The van der Waals surface area contributed by atoms with E-state index < -0.39 is 6.09 Å². The van der Waals surface area contributed by atoms with Crippen LogP contribution in [0, 0.1) is 0 Å². The number of hydrogen-bond donors (Lipinski definition) is 1. The summed E-state index contributed by atoms with van der Waals surface area (Å²) in [5, 5.41) is 2.79. The van der Waals surface area contributed by atoms with Crippen molar-refractivity contribution in [2.75, 3.05) is 0 Å². The van der Waals surface area contributed by atoms with Crippen LogP contribution in [0.3, 0.4) is 0 Å². The Labute approximate surface area is 120 Å². The number of amides is 1. The summed E-state index contributed by atoms with van der Waals surface area (Å²) in [6, 6.07) is 16.6. The lowest BCUT2D eigenvalue weighted by Crippen LogP contribution is -2.29. The molecular formula is C15H14BrNO2. The van der Waals surface area contributed by atoms with Crippen molar-refractivity contribution in [3.8, 4) is 5.75 Å². The van der Waals surface area contributed by atoms with Crippen LogP contribution in [0.2, 0.25) is 0 Å². The van der Waals surface area contributed by atoms with Crippen LogP contribution in [0.15, 0.2) is 59.1 Å². The van der Waals surface area contributed by atoms with Gasteiger partial charge in [-0.05, 0) is 30.7 Å². The smallest absolute Gasteiger partial charge is 0.410 e. The van der Waals surface area contributed by atoms with Crippen LogP contribution >= 0.6 is 15.9 Å². The predicted octanol–water partition coefficient (Wildman–Crippen LogP) is 4.30. The molecule has 0 aliphatic heterocycles. The Hall–Kier alpha value is -1.81. The quantitative estimate of drug-likeness (QED) is 0.916. The Morgan fingerprint density at radius 1 is 1.11 bits per heavy atom. The number of carbonyl (C=O) groups excluding carboxylic acids is 1. The molecule has 0 aliphatic carbocycles. The fraction of sp³-hybridized carbons (Fsp3) is 0.133. The SMILES string of the molecule is C[C@H](NC(=O)Oc1ccccc1)c1ccccc1Br. The van der Waals surface area contributed by atoms with Gasteiger partial charge in [0.05, 0.1) is 6.04 Å². The number of rotatable bonds is 3. The summed E-state index contributed by atoms with van der Waals surface area (Å²) in [5.74, 6) is 0.527. The minimum atomic E-state index is -0.463. The van der Waals surface area contributed by atoms with E-state index in [9.17, 15) is 4.79 Å². The molecule has 2 aromatic carbocycles. The second-order valence-electron chi connectivity index (χ2n) is 4.09. The summed E-state index contributed by atoms with van der Waals surface area (Å²) in [4.78, 5) is 11.8. The first-order valence-corrected chi connectivity index (χ1v) is 6.74. The number of ether oxygens (including phenoxy) is 1. The minimum absolute atomic E-state index is 0.133. The molecule has 1 N–H and O–H groups in total. The highest BCUT2D eigenvalue weighted by atomic mass is 79.9. The van der Waals surface area contributed by atoms with Crippen LogP contribution in [0.1, 0.15) is 18.5 Å². The molecule has 0 unspecified atom stereocenters. The maximum absolute atomic E-state index is 11.8. The van der Waals surface area contributed by atoms with E-state index in [2.05, 4.69) is 21.2 Å². The third-order valence-electron chi connectivity index (χ3n) is 2.66. The molecule has 19 heavy (non-hydrogen) atoms. The molecule has 0 aliphatic rings. The first kappa shape index (κ1) is 13.6. The zero-order valence-electron chi connectivity index (χ0n) is 10.5. The van der Waals surface area contributed by atoms with E-state index in [0.29, 0.717) is 5.75 Å². The van der Waals surface area contributed by atoms with Gasteiger partial charge in [0.15, 0.2) is 0 Å². The minimum Gasteiger partial charge on any atom is -0.410 e.